The largest absolute Gasteiger partial charge is 0.299 e. The molecule has 28 heavy (non-hydrogen) atoms. The number of hydrogen-bond acceptors (Lipinski definition) is 2. The fourth-order valence-electron chi connectivity index (χ4n) is 3.63. The van der Waals surface area contributed by atoms with Crippen LogP contribution in [0.1, 0.15) is 5.56 Å². The van der Waals surface area contributed by atoms with Crippen molar-refractivity contribution in [1.29, 1.82) is 5.26 Å². The fraction of sp³-hybridized carbons (Fsp3) is 0. The van der Waals surface area contributed by atoms with Gasteiger partial charge < -0.3 is 0 Å². The van der Waals surface area contributed by atoms with Crippen LogP contribution in [0.5, 0.6) is 0 Å². The minimum atomic E-state index is 0.570. The first-order valence-corrected chi connectivity index (χ1v) is 9.29. The van der Waals surface area contributed by atoms with Gasteiger partial charge in [0.2, 0.25) is 0 Å². The van der Waals surface area contributed by atoms with E-state index in [1.54, 1.807) is 0 Å². The zero-order valence-electron chi connectivity index (χ0n) is 14.8. The van der Waals surface area contributed by atoms with Gasteiger partial charge in [0, 0.05) is 27.7 Å². The van der Waals surface area contributed by atoms with E-state index in [1.807, 2.05) is 89.5 Å². The number of rotatable bonds is 2. The zero-order valence-corrected chi connectivity index (χ0v) is 15.6. The maximum Gasteiger partial charge on any atom is 0.156 e. The quantitative estimate of drug-likeness (QED) is 0.358. The lowest BCUT2D eigenvalue weighted by Gasteiger charge is -2.09. The van der Waals surface area contributed by atoms with Gasteiger partial charge in [0.15, 0.2) is 5.65 Å². The van der Waals surface area contributed by atoms with Gasteiger partial charge in [0.05, 0.1) is 11.2 Å². The first-order valence-electron chi connectivity index (χ1n) is 8.91. The molecule has 2 aromatic heterocycles. The Morgan fingerprint density at radius 3 is 2.21 bits per heavy atom. The molecule has 2 heterocycles. The summed E-state index contributed by atoms with van der Waals surface area (Å²) in [5.41, 5.74) is 5.86. The van der Waals surface area contributed by atoms with Crippen molar-refractivity contribution < 1.29 is 0 Å². The molecule has 0 saturated heterocycles. The Morgan fingerprint density at radius 2 is 1.54 bits per heavy atom. The summed E-state index contributed by atoms with van der Waals surface area (Å²) in [7, 11) is 0. The molecular weight excluding hydrogens is 366 g/mol. The molecule has 5 rings (SSSR count). The van der Waals surface area contributed by atoms with Crippen molar-refractivity contribution in [3.05, 3.63) is 95.6 Å². The van der Waals surface area contributed by atoms with Gasteiger partial charge in [-0.2, -0.15) is 5.26 Å². The van der Waals surface area contributed by atoms with Gasteiger partial charge in [-0.05, 0) is 23.8 Å². The molecule has 0 N–H and O–H groups in total. The van der Waals surface area contributed by atoms with Crippen LogP contribution in [0.25, 0.3) is 38.9 Å². The molecule has 3 nitrogen and oxygen atoms in total. The highest BCUT2D eigenvalue weighted by Gasteiger charge is 2.18. The van der Waals surface area contributed by atoms with Crippen molar-refractivity contribution in [2.45, 2.75) is 0 Å². The second kappa shape index (κ2) is 6.53. The molecule has 0 spiro atoms. The molecule has 0 saturated carbocycles. The summed E-state index contributed by atoms with van der Waals surface area (Å²) in [4.78, 5) is 4.91. The van der Waals surface area contributed by atoms with Crippen LogP contribution in [0.3, 0.4) is 0 Å². The van der Waals surface area contributed by atoms with E-state index in [1.165, 1.54) is 0 Å². The smallest absolute Gasteiger partial charge is 0.156 e. The van der Waals surface area contributed by atoms with Gasteiger partial charge in [-0.25, -0.2) is 4.98 Å². The van der Waals surface area contributed by atoms with E-state index in [2.05, 4.69) is 6.07 Å². The lowest BCUT2D eigenvalue weighted by atomic mass is 10.0. The second-order valence-electron chi connectivity index (χ2n) is 6.58. The molecule has 0 aliphatic heterocycles. The highest BCUT2D eigenvalue weighted by atomic mass is 35.5. The third kappa shape index (κ3) is 2.55. The van der Waals surface area contributed by atoms with Gasteiger partial charge in [0.1, 0.15) is 11.6 Å². The maximum absolute atomic E-state index is 9.92. The van der Waals surface area contributed by atoms with Gasteiger partial charge in [-0.1, -0.05) is 72.3 Å². The molecule has 0 aliphatic rings. The first kappa shape index (κ1) is 16.6. The van der Waals surface area contributed by atoms with Gasteiger partial charge in [-0.3, -0.25) is 4.40 Å². The van der Waals surface area contributed by atoms with Crippen molar-refractivity contribution in [3.8, 4) is 28.5 Å². The number of aromatic nitrogens is 2. The van der Waals surface area contributed by atoms with Crippen LogP contribution in [0.2, 0.25) is 5.02 Å². The van der Waals surface area contributed by atoms with Crippen molar-refractivity contribution in [3.63, 3.8) is 0 Å². The minimum absolute atomic E-state index is 0.570. The average Bonchev–Trinajstić information content (AvgIpc) is 3.13. The Hall–Kier alpha value is -3.61. The highest BCUT2D eigenvalue weighted by Crippen LogP contribution is 2.34. The zero-order chi connectivity index (χ0) is 19.1. The van der Waals surface area contributed by atoms with Gasteiger partial charge in [0.25, 0.3) is 0 Å². The summed E-state index contributed by atoms with van der Waals surface area (Å²) < 4.78 is 1.99. The van der Waals surface area contributed by atoms with Crippen molar-refractivity contribution >= 4 is 28.2 Å². The van der Waals surface area contributed by atoms with E-state index in [4.69, 9.17) is 16.6 Å². The molecule has 0 bridgehead atoms. The topological polar surface area (TPSA) is 41.1 Å². The molecule has 132 valence electrons. The minimum Gasteiger partial charge on any atom is -0.299 e. The van der Waals surface area contributed by atoms with Crippen LogP contribution >= 0.6 is 11.6 Å². The molecule has 4 heteroatoms. The number of benzene rings is 3. The number of nitrogens with zero attached hydrogens (tertiary/aromatic N) is 3. The SMILES string of the molecule is N#Cc1c(-c2ccccc2)cn2c1nc(-c1ccccc1)c1cc(Cl)ccc12. The van der Waals surface area contributed by atoms with E-state index >= 15 is 0 Å². The highest BCUT2D eigenvalue weighted by molar-refractivity contribution is 6.31. The Morgan fingerprint density at radius 1 is 0.857 bits per heavy atom. The van der Waals surface area contributed by atoms with Crippen molar-refractivity contribution in [1.82, 2.24) is 9.38 Å². The molecule has 0 fully saturated rings. The molecule has 0 aliphatic carbocycles. The predicted octanol–water partition coefficient (Wildman–Crippen LogP) is 6.35. The summed E-state index contributed by atoms with van der Waals surface area (Å²) in [6.07, 6.45) is 1.99. The van der Waals surface area contributed by atoms with E-state index in [0.717, 1.165) is 33.3 Å². The Balaban J connectivity index is 1.94. The van der Waals surface area contributed by atoms with Crippen LogP contribution in [0.4, 0.5) is 0 Å². The maximum atomic E-state index is 9.92. The van der Waals surface area contributed by atoms with E-state index < -0.39 is 0 Å². The second-order valence-corrected chi connectivity index (χ2v) is 7.01. The number of halogens is 1. The summed E-state index contributed by atoms with van der Waals surface area (Å²) in [6.45, 7) is 0. The summed E-state index contributed by atoms with van der Waals surface area (Å²) in [6, 6.07) is 28.0. The number of nitriles is 1. The average molecular weight is 380 g/mol. The monoisotopic (exact) mass is 379 g/mol. The standard InChI is InChI=1S/C24H14ClN3/c25-18-11-12-22-19(13-18)23(17-9-5-2-6-10-17)27-24-20(14-26)21(15-28(22)24)16-7-3-1-4-8-16/h1-13,15H. The first-order chi connectivity index (χ1) is 13.8. The Bertz CT molecular complexity index is 1360. The van der Waals surface area contributed by atoms with Crippen LogP contribution in [-0.2, 0) is 0 Å². The fourth-order valence-corrected chi connectivity index (χ4v) is 3.80. The molecular formula is C24H14ClN3. The number of fused-ring (bicyclic) bond motifs is 3. The molecule has 0 amide bonds. The Kier molecular flexibility index (Phi) is 3.86. The van der Waals surface area contributed by atoms with E-state index in [0.29, 0.717) is 16.2 Å². The lowest BCUT2D eigenvalue weighted by molar-refractivity contribution is 1.20. The Labute approximate surface area is 167 Å². The molecule has 3 aromatic carbocycles. The van der Waals surface area contributed by atoms with Gasteiger partial charge in [-0.15, -0.1) is 0 Å². The summed E-state index contributed by atoms with van der Waals surface area (Å²) in [5, 5.41) is 11.5. The summed E-state index contributed by atoms with van der Waals surface area (Å²) in [5.74, 6) is 0. The molecule has 5 aromatic rings. The van der Waals surface area contributed by atoms with Gasteiger partial charge >= 0.3 is 0 Å². The van der Waals surface area contributed by atoms with Crippen molar-refractivity contribution in [2.24, 2.45) is 0 Å². The predicted molar refractivity (Wildman–Crippen MR) is 113 cm³/mol. The third-order valence-corrected chi connectivity index (χ3v) is 5.15. The van der Waals surface area contributed by atoms with E-state index in [9.17, 15) is 5.26 Å². The number of hydrogen-bond donors (Lipinski definition) is 0. The van der Waals surface area contributed by atoms with Crippen LogP contribution in [-0.4, -0.2) is 9.38 Å². The van der Waals surface area contributed by atoms with Crippen molar-refractivity contribution in [2.75, 3.05) is 0 Å². The normalized spacial score (nSPS) is 11.0. The molecule has 0 radical (unpaired) electrons. The molecule has 0 unspecified atom stereocenters. The van der Waals surface area contributed by atoms with Crippen LogP contribution < -0.4 is 0 Å². The molecule has 0 atom stereocenters. The van der Waals surface area contributed by atoms with Crippen LogP contribution in [0, 0.1) is 11.3 Å². The lowest BCUT2D eigenvalue weighted by Crippen LogP contribution is -1.95. The van der Waals surface area contributed by atoms with E-state index in [-0.39, 0.29) is 0 Å². The summed E-state index contributed by atoms with van der Waals surface area (Å²) >= 11 is 6.30. The third-order valence-electron chi connectivity index (χ3n) is 4.91. The van der Waals surface area contributed by atoms with Crippen LogP contribution in [0.15, 0.2) is 85.1 Å².